The summed E-state index contributed by atoms with van der Waals surface area (Å²) in [6.07, 6.45) is 2.05. The van der Waals surface area contributed by atoms with E-state index in [-0.39, 0.29) is 17.3 Å². The molecule has 0 radical (unpaired) electrons. The lowest BCUT2D eigenvalue weighted by atomic mass is 9.69. The summed E-state index contributed by atoms with van der Waals surface area (Å²) in [7, 11) is 1.49. The van der Waals surface area contributed by atoms with Crippen molar-refractivity contribution >= 4 is 23.0 Å². The first-order valence-corrected chi connectivity index (χ1v) is 9.45. The normalized spacial score (nSPS) is 23.1. The molecule has 2 atom stereocenters. The fourth-order valence-corrected chi connectivity index (χ4v) is 4.70. The van der Waals surface area contributed by atoms with E-state index in [1.54, 1.807) is 18.2 Å². The average Bonchev–Trinajstić information content (AvgIpc) is 3.00. The van der Waals surface area contributed by atoms with Crippen LogP contribution in [0.25, 0.3) is 5.70 Å². The summed E-state index contributed by atoms with van der Waals surface area (Å²) in [5.74, 6) is -0.429. The Morgan fingerprint density at radius 2 is 1.82 bits per heavy atom. The van der Waals surface area contributed by atoms with Crippen molar-refractivity contribution in [1.29, 1.82) is 0 Å². The van der Waals surface area contributed by atoms with E-state index in [0.717, 1.165) is 29.7 Å². The van der Waals surface area contributed by atoms with Gasteiger partial charge in [0.15, 0.2) is 17.3 Å². The molecule has 1 heterocycles. The lowest BCUT2D eigenvalue weighted by Gasteiger charge is -2.35. The van der Waals surface area contributed by atoms with E-state index < -0.39 is 11.8 Å². The topological polar surface area (TPSA) is 76.0 Å². The second kappa shape index (κ2) is 6.16. The molecule has 0 amide bonds. The minimum absolute atomic E-state index is 0.0289. The third-order valence-corrected chi connectivity index (χ3v) is 5.95. The zero-order valence-corrected chi connectivity index (χ0v) is 15.4. The molecule has 5 nitrogen and oxygen atoms in total. The summed E-state index contributed by atoms with van der Waals surface area (Å²) in [5, 5.41) is 10.0. The summed E-state index contributed by atoms with van der Waals surface area (Å²) >= 11 is 0. The predicted octanol–water partition coefficient (Wildman–Crippen LogP) is 3.92. The second-order valence-electron chi connectivity index (χ2n) is 7.45. The van der Waals surface area contributed by atoms with Crippen LogP contribution in [-0.4, -0.2) is 29.5 Å². The van der Waals surface area contributed by atoms with Gasteiger partial charge in [0.1, 0.15) is 5.78 Å². The molecule has 5 rings (SSSR count). The number of ketones is 2. The molecule has 2 aliphatic carbocycles. The van der Waals surface area contributed by atoms with Crippen LogP contribution >= 0.6 is 0 Å². The number of phenols is 1. The SMILES string of the molecule is COc1cc([C@H]2C3=C(N=C4CCCC(=O)C42)c2ccccc2C3=O)ccc1O. The molecule has 28 heavy (non-hydrogen) atoms. The Morgan fingerprint density at radius 1 is 1.04 bits per heavy atom. The molecule has 2 aromatic carbocycles. The molecule has 1 aliphatic heterocycles. The number of methoxy groups -OCH3 is 1. The second-order valence-corrected chi connectivity index (χ2v) is 7.45. The number of rotatable bonds is 2. The number of aromatic hydroxyl groups is 1. The number of aliphatic imine (C=N–C) groups is 1. The van der Waals surface area contributed by atoms with Crippen LogP contribution in [0.1, 0.15) is 46.7 Å². The fourth-order valence-electron chi connectivity index (χ4n) is 4.70. The van der Waals surface area contributed by atoms with Crippen molar-refractivity contribution in [1.82, 2.24) is 0 Å². The lowest BCUT2D eigenvalue weighted by molar-refractivity contribution is -0.121. The summed E-state index contributed by atoms with van der Waals surface area (Å²) < 4.78 is 5.27. The first-order chi connectivity index (χ1) is 13.6. The monoisotopic (exact) mass is 373 g/mol. The van der Waals surface area contributed by atoms with Gasteiger partial charge in [-0.05, 0) is 30.5 Å². The van der Waals surface area contributed by atoms with E-state index >= 15 is 0 Å². The van der Waals surface area contributed by atoms with Gasteiger partial charge < -0.3 is 9.84 Å². The average molecular weight is 373 g/mol. The first-order valence-electron chi connectivity index (χ1n) is 9.45. The van der Waals surface area contributed by atoms with Gasteiger partial charge in [-0.1, -0.05) is 30.3 Å². The Kier molecular flexibility index (Phi) is 3.72. The number of hydrogen-bond acceptors (Lipinski definition) is 5. The smallest absolute Gasteiger partial charge is 0.192 e. The summed E-state index contributed by atoms with van der Waals surface area (Å²) in [6.45, 7) is 0. The number of hydrogen-bond donors (Lipinski definition) is 1. The van der Waals surface area contributed by atoms with Crippen LogP contribution in [0.3, 0.4) is 0 Å². The zero-order chi connectivity index (χ0) is 19.4. The predicted molar refractivity (Wildman–Crippen MR) is 105 cm³/mol. The fraction of sp³-hybridized carbons (Fsp3) is 0.261. The van der Waals surface area contributed by atoms with Gasteiger partial charge in [0.25, 0.3) is 0 Å². The quantitative estimate of drug-likeness (QED) is 0.866. The number of benzene rings is 2. The molecule has 1 saturated carbocycles. The van der Waals surface area contributed by atoms with Gasteiger partial charge in [-0.3, -0.25) is 14.6 Å². The zero-order valence-electron chi connectivity index (χ0n) is 15.4. The summed E-state index contributed by atoms with van der Waals surface area (Å²) in [5.41, 5.74) is 4.39. The van der Waals surface area contributed by atoms with Crippen LogP contribution in [0.2, 0.25) is 0 Å². The van der Waals surface area contributed by atoms with E-state index in [1.165, 1.54) is 7.11 Å². The van der Waals surface area contributed by atoms with Crippen molar-refractivity contribution in [2.45, 2.75) is 25.2 Å². The maximum Gasteiger partial charge on any atom is 0.192 e. The van der Waals surface area contributed by atoms with Crippen LogP contribution in [0, 0.1) is 5.92 Å². The Labute approximate surface area is 162 Å². The van der Waals surface area contributed by atoms with E-state index in [0.29, 0.717) is 29.0 Å². The maximum atomic E-state index is 13.3. The molecular weight excluding hydrogens is 354 g/mol. The van der Waals surface area contributed by atoms with Crippen LogP contribution < -0.4 is 4.74 Å². The molecule has 3 aliphatic rings. The molecule has 1 N–H and O–H groups in total. The van der Waals surface area contributed by atoms with Crippen LogP contribution in [0.15, 0.2) is 53.0 Å². The van der Waals surface area contributed by atoms with Crippen molar-refractivity contribution < 1.29 is 19.4 Å². The number of Topliss-reactive ketones (excluding diaryl/α,β-unsaturated/α-hetero) is 2. The number of ether oxygens (including phenoxy) is 1. The molecule has 0 spiro atoms. The Balaban J connectivity index is 1.75. The van der Waals surface area contributed by atoms with Gasteiger partial charge in [0, 0.05) is 34.8 Å². The van der Waals surface area contributed by atoms with Crippen molar-refractivity contribution in [3.63, 3.8) is 0 Å². The molecular formula is C23H19NO4. The highest BCUT2D eigenvalue weighted by Crippen LogP contribution is 2.50. The first kappa shape index (κ1) is 16.9. The van der Waals surface area contributed by atoms with Crippen molar-refractivity contribution in [3.8, 4) is 11.5 Å². The van der Waals surface area contributed by atoms with Gasteiger partial charge in [-0.2, -0.15) is 0 Å². The van der Waals surface area contributed by atoms with E-state index in [9.17, 15) is 14.7 Å². The molecule has 5 heteroatoms. The minimum atomic E-state index is -0.431. The van der Waals surface area contributed by atoms with Crippen molar-refractivity contribution in [2.75, 3.05) is 7.11 Å². The third-order valence-electron chi connectivity index (χ3n) is 5.95. The Bertz CT molecular complexity index is 1100. The lowest BCUT2D eigenvalue weighted by Crippen LogP contribution is -2.37. The number of carbonyl (C=O) groups excluding carboxylic acids is 2. The van der Waals surface area contributed by atoms with Gasteiger partial charge >= 0.3 is 0 Å². The maximum absolute atomic E-state index is 13.3. The summed E-state index contributed by atoms with van der Waals surface area (Å²) in [4.78, 5) is 31.0. The molecule has 0 bridgehead atoms. The van der Waals surface area contributed by atoms with Gasteiger partial charge in [-0.15, -0.1) is 0 Å². The number of allylic oxidation sites excluding steroid dienone is 1. The Hall–Kier alpha value is -3.21. The number of fused-ring (bicyclic) bond motifs is 3. The number of nitrogens with zero attached hydrogens (tertiary/aromatic N) is 1. The number of carbonyl (C=O) groups is 2. The van der Waals surface area contributed by atoms with Gasteiger partial charge in [0.2, 0.25) is 0 Å². The minimum Gasteiger partial charge on any atom is -0.504 e. The molecule has 1 unspecified atom stereocenters. The van der Waals surface area contributed by atoms with E-state index in [2.05, 4.69) is 0 Å². The van der Waals surface area contributed by atoms with Crippen molar-refractivity contribution in [2.24, 2.45) is 10.9 Å². The molecule has 0 aromatic heterocycles. The highest BCUT2D eigenvalue weighted by atomic mass is 16.5. The van der Waals surface area contributed by atoms with Gasteiger partial charge in [-0.25, -0.2) is 0 Å². The Morgan fingerprint density at radius 3 is 2.61 bits per heavy atom. The van der Waals surface area contributed by atoms with E-state index in [4.69, 9.17) is 9.73 Å². The summed E-state index contributed by atoms with van der Waals surface area (Å²) in [6, 6.07) is 12.5. The highest BCUT2D eigenvalue weighted by molar-refractivity contribution is 6.25. The number of phenolic OH excluding ortho intramolecular Hbond substituents is 1. The van der Waals surface area contributed by atoms with E-state index in [1.807, 2.05) is 24.3 Å². The van der Waals surface area contributed by atoms with Crippen LogP contribution in [0.4, 0.5) is 0 Å². The molecule has 0 saturated heterocycles. The largest absolute Gasteiger partial charge is 0.504 e. The van der Waals surface area contributed by atoms with Crippen LogP contribution in [0.5, 0.6) is 11.5 Å². The standard InChI is InChI=1S/C23H19NO4/c1-28-18-11-12(9-10-16(18)25)19-20-15(7-4-8-17(20)26)24-22-13-5-2-3-6-14(13)23(27)21(19)22/h2-3,5-6,9-11,19-20,25H,4,7-8H2,1H3/t19-,20?/m1/s1. The highest BCUT2D eigenvalue weighted by Gasteiger charge is 2.47. The van der Waals surface area contributed by atoms with Crippen molar-refractivity contribution in [3.05, 3.63) is 64.7 Å². The third kappa shape index (κ3) is 2.29. The van der Waals surface area contributed by atoms with Gasteiger partial charge in [0.05, 0.1) is 18.7 Å². The molecule has 2 aromatic rings. The van der Waals surface area contributed by atoms with Crippen LogP contribution in [-0.2, 0) is 4.79 Å². The molecule has 140 valence electrons. The molecule has 1 fully saturated rings.